The molecule has 3 amide bonds. The Kier molecular flexibility index (Phi) is 13.8. The van der Waals surface area contributed by atoms with Gasteiger partial charge < -0.3 is 43.3 Å². The second-order valence-corrected chi connectivity index (χ2v) is 3.09. The molecule has 0 atom stereocenters. The number of hydrogen-bond acceptors (Lipinski definition) is 6. The van der Waals surface area contributed by atoms with Crippen molar-refractivity contribution >= 4 is 36.3 Å². The van der Waals surface area contributed by atoms with E-state index in [1.165, 1.54) is 0 Å². The third-order valence-electron chi connectivity index (χ3n) is 1.33. The molecule has 9 nitrogen and oxygen atoms in total. The normalized spacial score (nSPS) is 8.42. The van der Waals surface area contributed by atoms with Crippen molar-refractivity contribution < 1.29 is 46.6 Å². The summed E-state index contributed by atoms with van der Waals surface area (Å²) in [4.78, 5) is 42.8. The maximum absolute atomic E-state index is 11.0. The van der Waals surface area contributed by atoms with Crippen LogP contribution in [0, 0.1) is 0 Å². The molecule has 19 heavy (non-hydrogen) atoms. The Morgan fingerprint density at radius 1 is 1.11 bits per heavy atom. The Morgan fingerprint density at radius 3 is 2.11 bits per heavy atom. The molecule has 0 saturated heterocycles. The van der Waals surface area contributed by atoms with Gasteiger partial charge in [-0.25, -0.2) is 0 Å². The third kappa shape index (κ3) is 12.9. The van der Waals surface area contributed by atoms with E-state index < -0.39 is 36.8 Å². The Morgan fingerprint density at radius 2 is 1.63 bits per heavy atom. The van der Waals surface area contributed by atoms with Crippen LogP contribution in [0.25, 0.3) is 10.6 Å². The summed E-state index contributed by atoms with van der Waals surface area (Å²) in [6.07, 6.45) is 0. The number of hydrogen-bond donors (Lipinski definition) is 2. The van der Waals surface area contributed by atoms with Gasteiger partial charge in [0.1, 0.15) is 12.5 Å². The predicted molar refractivity (Wildman–Crippen MR) is 60.0 cm³/mol. The molecule has 0 aliphatic heterocycles. The molecule has 0 saturated carbocycles. The first-order valence-corrected chi connectivity index (χ1v) is 5.96. The van der Waals surface area contributed by atoms with E-state index >= 15 is 0 Å². The van der Waals surface area contributed by atoms with Crippen LogP contribution in [0.1, 0.15) is 0 Å². The van der Waals surface area contributed by atoms with Crippen molar-refractivity contribution in [1.29, 1.82) is 0 Å². The number of aliphatic carboxylic acids is 1. The molecular weight excluding hydrogens is 365 g/mol. The van der Waals surface area contributed by atoms with Gasteiger partial charge in [-0.15, -0.1) is 0 Å². The topological polar surface area (TPSA) is 146 Å². The first kappa shape index (κ1) is 20.0. The quantitative estimate of drug-likeness (QED) is 0.421. The third-order valence-corrected chi connectivity index (χ3v) is 1.52. The molecule has 0 spiro atoms. The van der Waals surface area contributed by atoms with Crippen molar-refractivity contribution in [3.8, 4) is 0 Å². The van der Waals surface area contributed by atoms with Crippen molar-refractivity contribution in [2.75, 3.05) is 25.4 Å². The summed E-state index contributed by atoms with van der Waals surface area (Å²) < 4.78 is 8.22. The van der Waals surface area contributed by atoms with Crippen LogP contribution in [0.2, 0.25) is 0 Å². The van der Waals surface area contributed by atoms with Crippen LogP contribution in [-0.2, 0) is 54.2 Å². The van der Waals surface area contributed by atoms with Gasteiger partial charge >= 0.3 is 28.3 Å². The summed E-state index contributed by atoms with van der Waals surface area (Å²) >= 11 is 5.41. The molecule has 0 heterocycles. The van der Waals surface area contributed by atoms with Crippen LogP contribution in [0.15, 0.2) is 0 Å². The summed E-state index contributed by atoms with van der Waals surface area (Å²) in [7, 11) is 0. The molecule has 0 bridgehead atoms. The summed E-state index contributed by atoms with van der Waals surface area (Å²) in [5, 5.41) is 16.6. The van der Waals surface area contributed by atoms with Crippen molar-refractivity contribution in [2.24, 2.45) is 0 Å². The standard InChI is InChI=1S/C8H13N3O5S.O.Tc/c12-5(10-4-6(13)14)3-11-8(16)7(15)9-1-2-17;;/h1-4H2,(H5,9,10,11,12,13,14,15,16,17);;/q;;+3/p-3/i;;1+1. The fourth-order valence-electron chi connectivity index (χ4n) is 0.656. The molecule has 0 aliphatic carbocycles. The van der Waals surface area contributed by atoms with Gasteiger partial charge in [0, 0.05) is 0 Å². The Hall–Kier alpha value is -1.32. The molecule has 0 unspecified atom stereocenters. The van der Waals surface area contributed by atoms with Crippen LogP contribution in [-0.4, -0.2) is 54.2 Å². The van der Waals surface area contributed by atoms with E-state index in [4.69, 9.17) is 8.61 Å². The predicted octanol–water partition coefficient (Wildman–Crippen LogP) is -1.59. The first-order chi connectivity index (χ1) is 8.97. The Balaban J connectivity index is 0. The number of carbonyl (C=O) groups excluding carboxylic acids is 3. The van der Waals surface area contributed by atoms with Gasteiger partial charge in [-0.05, 0) is 6.54 Å². The van der Waals surface area contributed by atoms with Crippen molar-refractivity contribution in [1.82, 2.24) is 5.32 Å². The van der Waals surface area contributed by atoms with E-state index in [1.807, 2.05) is 5.32 Å². The number of rotatable bonds is 6. The van der Waals surface area contributed by atoms with Crippen LogP contribution >= 0.6 is 0 Å². The summed E-state index contributed by atoms with van der Waals surface area (Å²) in [5.74, 6) is -4.00. The van der Waals surface area contributed by atoms with Gasteiger partial charge in [0.15, 0.2) is 0 Å². The van der Waals surface area contributed by atoms with E-state index in [1.54, 1.807) is 0 Å². The van der Waals surface area contributed by atoms with Gasteiger partial charge in [0.25, 0.3) is 0 Å². The summed E-state index contributed by atoms with van der Waals surface area (Å²) in [5.41, 5.74) is 0. The molecule has 0 rings (SSSR count). The van der Waals surface area contributed by atoms with Crippen molar-refractivity contribution in [3.63, 3.8) is 0 Å². The SMILES string of the molecule is O=C(O)CNC(=O)C[N-]C(=O)C(=O)[N-]CC[S-].[O]=[99Tc+3]. The van der Waals surface area contributed by atoms with Gasteiger partial charge in [-0.1, -0.05) is 0 Å². The second-order valence-electron chi connectivity index (χ2n) is 2.68. The molecule has 0 aliphatic rings. The van der Waals surface area contributed by atoms with Crippen LogP contribution in [0.5, 0.6) is 0 Å². The first-order valence-electron chi connectivity index (χ1n) is 4.62. The van der Waals surface area contributed by atoms with Crippen LogP contribution < -0.4 is 5.32 Å². The van der Waals surface area contributed by atoms with Crippen LogP contribution in [0.4, 0.5) is 0 Å². The van der Waals surface area contributed by atoms with Gasteiger partial charge in [0.05, 0.1) is 5.91 Å². The van der Waals surface area contributed by atoms with Gasteiger partial charge in [-0.3, -0.25) is 9.59 Å². The fraction of sp³-hybridized carbons (Fsp3) is 0.500. The number of nitrogens with one attached hydrogen (secondary N) is 1. The van der Waals surface area contributed by atoms with E-state index in [9.17, 15) is 19.2 Å². The summed E-state index contributed by atoms with van der Waals surface area (Å²) in [6.45, 7) is -1.14. The molecule has 0 fully saturated rings. The molecule has 2 N–H and O–H groups in total. The van der Waals surface area contributed by atoms with Crippen LogP contribution in [0.3, 0.4) is 0 Å². The Labute approximate surface area is 124 Å². The van der Waals surface area contributed by atoms with E-state index in [2.05, 4.69) is 23.3 Å². The molecule has 0 radical (unpaired) electrons. The van der Waals surface area contributed by atoms with Gasteiger partial charge in [-0.2, -0.15) is 12.3 Å². The second kappa shape index (κ2) is 13.1. The average Bonchev–Trinajstić information content (AvgIpc) is 2.41. The van der Waals surface area contributed by atoms with E-state index in [-0.39, 0.29) is 12.3 Å². The average molecular weight is 375 g/mol. The monoisotopic (exact) mass is 375 g/mol. The number of nitrogens with zero attached hydrogens (tertiary/aromatic N) is 2. The molecular formula is C8H10N3O6STc. The number of carbonyl (C=O) groups is 4. The van der Waals surface area contributed by atoms with Gasteiger partial charge in [0.2, 0.25) is 5.91 Å². The molecule has 106 valence electrons. The zero-order valence-electron chi connectivity index (χ0n) is 9.50. The number of carboxylic acid groups (broad SMARTS) is 1. The number of amides is 3. The maximum atomic E-state index is 11.0. The van der Waals surface area contributed by atoms with E-state index in [0.29, 0.717) is 0 Å². The molecule has 0 aromatic rings. The molecule has 0 aromatic heterocycles. The zero-order chi connectivity index (χ0) is 15.3. The molecule has 0 aromatic carbocycles. The molecule has 11 heteroatoms. The van der Waals surface area contributed by atoms with E-state index in [0.717, 1.165) is 18.9 Å². The Bertz CT molecular complexity index is 340. The van der Waals surface area contributed by atoms with Crippen molar-refractivity contribution in [3.05, 3.63) is 10.6 Å². The summed E-state index contributed by atoms with van der Waals surface area (Å²) in [6, 6.07) is 0. The zero-order valence-corrected chi connectivity index (χ0v) is 12.2. The fourth-order valence-corrected chi connectivity index (χ4v) is 0.747. The number of carboxylic acids is 1. The minimum absolute atomic E-state index is 0.0423. The minimum atomic E-state index is -1.22. The van der Waals surface area contributed by atoms with Crippen molar-refractivity contribution in [2.45, 2.75) is 0 Å².